The van der Waals surface area contributed by atoms with Crippen molar-refractivity contribution in [2.75, 3.05) is 6.54 Å². The molecule has 0 aromatic heterocycles. The largest absolute Gasteiger partial charge is 0.391 e. The summed E-state index contributed by atoms with van der Waals surface area (Å²) in [4.78, 5) is 35.4. The standard InChI is InChI=1S/C17H27NO4/c1-13(2)15(20)9-7-5-3-4-6-8-14(19)12-18-16(21)10-11-17(18)22/h14,19H,1,3-12H2,2H3. The van der Waals surface area contributed by atoms with E-state index >= 15 is 0 Å². The SMILES string of the molecule is C=C(C)C(=O)CCCCCCCC(O)CN1C(=O)CCC1=O. The molecule has 5 nitrogen and oxygen atoms in total. The second-order valence-electron chi connectivity index (χ2n) is 6.06. The molecule has 0 aromatic carbocycles. The van der Waals surface area contributed by atoms with Crippen molar-refractivity contribution in [1.82, 2.24) is 4.90 Å². The van der Waals surface area contributed by atoms with E-state index in [1.807, 2.05) is 0 Å². The van der Waals surface area contributed by atoms with Crippen molar-refractivity contribution in [1.29, 1.82) is 0 Å². The van der Waals surface area contributed by atoms with Gasteiger partial charge in [-0.15, -0.1) is 0 Å². The zero-order valence-corrected chi connectivity index (χ0v) is 13.5. The lowest BCUT2D eigenvalue weighted by Gasteiger charge is -2.18. The third kappa shape index (κ3) is 6.52. The Kier molecular flexibility index (Phi) is 8.02. The van der Waals surface area contributed by atoms with Crippen LogP contribution in [0.25, 0.3) is 0 Å². The minimum atomic E-state index is -0.629. The quantitative estimate of drug-likeness (QED) is 0.361. The number of hydrogen-bond donors (Lipinski definition) is 1. The minimum Gasteiger partial charge on any atom is -0.391 e. The zero-order chi connectivity index (χ0) is 16.5. The van der Waals surface area contributed by atoms with Gasteiger partial charge in [0.25, 0.3) is 0 Å². The predicted octanol–water partition coefficient (Wildman–Crippen LogP) is 2.37. The van der Waals surface area contributed by atoms with Gasteiger partial charge in [0.2, 0.25) is 11.8 Å². The Hall–Kier alpha value is -1.49. The summed E-state index contributed by atoms with van der Waals surface area (Å²) in [6.45, 7) is 5.49. The van der Waals surface area contributed by atoms with Crippen LogP contribution in [0, 0.1) is 0 Å². The van der Waals surface area contributed by atoms with Crippen molar-refractivity contribution in [2.45, 2.75) is 70.8 Å². The molecular weight excluding hydrogens is 282 g/mol. The van der Waals surface area contributed by atoms with E-state index < -0.39 is 6.10 Å². The highest BCUT2D eigenvalue weighted by Gasteiger charge is 2.30. The molecule has 0 bridgehead atoms. The number of likely N-dealkylation sites (tertiary alicyclic amines) is 1. The maximum Gasteiger partial charge on any atom is 0.229 e. The second kappa shape index (κ2) is 9.51. The van der Waals surface area contributed by atoms with Crippen LogP contribution in [0.5, 0.6) is 0 Å². The Balaban J connectivity index is 2.02. The van der Waals surface area contributed by atoms with Gasteiger partial charge in [-0.1, -0.05) is 32.3 Å². The number of hydrogen-bond acceptors (Lipinski definition) is 4. The van der Waals surface area contributed by atoms with Crippen molar-refractivity contribution >= 4 is 17.6 Å². The number of rotatable bonds is 11. The molecule has 1 heterocycles. The molecule has 0 radical (unpaired) electrons. The fourth-order valence-corrected chi connectivity index (χ4v) is 2.54. The Labute approximate surface area is 132 Å². The van der Waals surface area contributed by atoms with E-state index in [1.165, 1.54) is 4.90 Å². The molecule has 1 rings (SSSR count). The number of ketones is 1. The van der Waals surface area contributed by atoms with Crippen LogP contribution in [0.15, 0.2) is 12.2 Å². The normalized spacial score (nSPS) is 16.2. The van der Waals surface area contributed by atoms with Gasteiger partial charge in [-0.3, -0.25) is 19.3 Å². The number of Topliss-reactive ketones (excluding diaryl/α,β-unsaturated/α-hetero) is 1. The van der Waals surface area contributed by atoms with Gasteiger partial charge in [-0.2, -0.15) is 0 Å². The number of β-amino-alcohol motifs (C(OH)–C–C–N with tert-alkyl or cyclic N) is 1. The molecule has 1 saturated heterocycles. The first-order valence-electron chi connectivity index (χ1n) is 8.11. The summed E-state index contributed by atoms with van der Waals surface area (Å²) in [7, 11) is 0. The lowest BCUT2D eigenvalue weighted by molar-refractivity contribution is -0.140. The van der Waals surface area contributed by atoms with E-state index in [0.717, 1.165) is 32.1 Å². The monoisotopic (exact) mass is 309 g/mol. The molecular formula is C17H27NO4. The molecule has 5 heteroatoms. The van der Waals surface area contributed by atoms with E-state index in [0.29, 0.717) is 18.4 Å². The molecule has 1 aliphatic heterocycles. The molecule has 1 aliphatic rings. The van der Waals surface area contributed by atoms with Crippen LogP contribution in [-0.2, 0) is 14.4 Å². The summed E-state index contributed by atoms with van der Waals surface area (Å²) in [5, 5.41) is 9.88. The third-order valence-corrected chi connectivity index (χ3v) is 3.97. The maximum absolute atomic E-state index is 11.4. The number of unbranched alkanes of at least 4 members (excludes halogenated alkanes) is 4. The number of nitrogens with zero attached hydrogens (tertiary/aromatic N) is 1. The van der Waals surface area contributed by atoms with Crippen molar-refractivity contribution in [3.05, 3.63) is 12.2 Å². The number of allylic oxidation sites excluding steroid dienone is 1. The molecule has 0 aromatic rings. The van der Waals surface area contributed by atoms with Crippen LogP contribution in [0.4, 0.5) is 0 Å². The first-order chi connectivity index (χ1) is 10.4. The predicted molar refractivity (Wildman–Crippen MR) is 84.1 cm³/mol. The van der Waals surface area contributed by atoms with Crippen LogP contribution in [-0.4, -0.2) is 40.3 Å². The van der Waals surface area contributed by atoms with Gasteiger partial charge < -0.3 is 5.11 Å². The average molecular weight is 309 g/mol. The smallest absolute Gasteiger partial charge is 0.229 e. The minimum absolute atomic E-state index is 0.130. The lowest BCUT2D eigenvalue weighted by Crippen LogP contribution is -2.36. The van der Waals surface area contributed by atoms with Gasteiger partial charge in [0.1, 0.15) is 0 Å². The van der Waals surface area contributed by atoms with E-state index in [-0.39, 0.29) is 37.0 Å². The first-order valence-corrected chi connectivity index (χ1v) is 8.11. The van der Waals surface area contributed by atoms with Crippen LogP contribution < -0.4 is 0 Å². The molecule has 1 unspecified atom stereocenters. The van der Waals surface area contributed by atoms with Gasteiger partial charge >= 0.3 is 0 Å². The van der Waals surface area contributed by atoms with Gasteiger partial charge in [0, 0.05) is 19.3 Å². The second-order valence-corrected chi connectivity index (χ2v) is 6.06. The Morgan fingerprint density at radius 1 is 1.14 bits per heavy atom. The highest BCUT2D eigenvalue weighted by Crippen LogP contribution is 2.15. The molecule has 0 spiro atoms. The lowest BCUT2D eigenvalue weighted by atomic mass is 10.0. The number of carbonyl (C=O) groups excluding carboxylic acids is 3. The molecule has 1 fully saturated rings. The summed E-state index contributed by atoms with van der Waals surface area (Å²) in [5.41, 5.74) is 0.620. The van der Waals surface area contributed by atoms with Crippen molar-refractivity contribution < 1.29 is 19.5 Å². The Morgan fingerprint density at radius 2 is 1.68 bits per heavy atom. The van der Waals surface area contributed by atoms with Crippen LogP contribution in [0.3, 0.4) is 0 Å². The number of amides is 2. The highest BCUT2D eigenvalue weighted by molar-refractivity contribution is 6.01. The van der Waals surface area contributed by atoms with E-state index in [1.54, 1.807) is 6.92 Å². The summed E-state index contributed by atoms with van der Waals surface area (Å²) >= 11 is 0. The van der Waals surface area contributed by atoms with Gasteiger partial charge in [-0.25, -0.2) is 0 Å². The fourth-order valence-electron chi connectivity index (χ4n) is 2.54. The van der Waals surface area contributed by atoms with E-state index in [4.69, 9.17) is 0 Å². The van der Waals surface area contributed by atoms with Crippen molar-refractivity contribution in [3.8, 4) is 0 Å². The summed E-state index contributed by atoms with van der Waals surface area (Å²) in [5.74, 6) is -0.215. The van der Waals surface area contributed by atoms with E-state index in [9.17, 15) is 19.5 Å². The maximum atomic E-state index is 11.4. The van der Waals surface area contributed by atoms with Gasteiger partial charge in [-0.05, 0) is 25.3 Å². The molecule has 2 amide bonds. The van der Waals surface area contributed by atoms with Crippen LogP contribution >= 0.6 is 0 Å². The number of aliphatic hydroxyl groups excluding tert-OH is 1. The molecule has 1 N–H and O–H groups in total. The molecule has 22 heavy (non-hydrogen) atoms. The molecule has 0 saturated carbocycles. The Morgan fingerprint density at radius 3 is 2.27 bits per heavy atom. The van der Waals surface area contributed by atoms with E-state index in [2.05, 4.69) is 6.58 Å². The Bertz CT molecular complexity index is 414. The topological polar surface area (TPSA) is 74.7 Å². The van der Waals surface area contributed by atoms with Crippen LogP contribution in [0.2, 0.25) is 0 Å². The fraction of sp³-hybridized carbons (Fsp3) is 0.706. The van der Waals surface area contributed by atoms with Crippen LogP contribution in [0.1, 0.15) is 64.7 Å². The number of imide groups is 1. The zero-order valence-electron chi connectivity index (χ0n) is 13.5. The highest BCUT2D eigenvalue weighted by atomic mass is 16.3. The van der Waals surface area contributed by atoms with Gasteiger partial charge in [0.05, 0.1) is 12.6 Å². The van der Waals surface area contributed by atoms with Crippen molar-refractivity contribution in [2.24, 2.45) is 0 Å². The number of aliphatic hydroxyl groups is 1. The molecule has 124 valence electrons. The molecule has 1 atom stereocenters. The van der Waals surface area contributed by atoms with Crippen molar-refractivity contribution in [3.63, 3.8) is 0 Å². The summed E-state index contributed by atoms with van der Waals surface area (Å²) in [6, 6.07) is 0. The third-order valence-electron chi connectivity index (χ3n) is 3.97. The number of carbonyl (C=O) groups is 3. The average Bonchev–Trinajstić information content (AvgIpc) is 2.77. The summed E-state index contributed by atoms with van der Waals surface area (Å²) < 4.78 is 0. The van der Waals surface area contributed by atoms with Gasteiger partial charge in [0.15, 0.2) is 5.78 Å². The summed E-state index contributed by atoms with van der Waals surface area (Å²) in [6.07, 6.45) is 5.84. The molecule has 0 aliphatic carbocycles. The first kappa shape index (κ1) is 18.6.